The van der Waals surface area contributed by atoms with Crippen LogP contribution in [0, 0.1) is 10.2 Å². The second-order valence-corrected chi connectivity index (χ2v) is 5.02. The molecule has 0 amide bonds. The predicted molar refractivity (Wildman–Crippen MR) is 32.2 cm³/mol. The molecule has 1 atom stereocenters. The van der Waals surface area contributed by atoms with Crippen molar-refractivity contribution in [2.45, 2.75) is 6.42 Å². The van der Waals surface area contributed by atoms with Gasteiger partial charge in [-0.3, -0.25) is 4.49 Å². The van der Waals surface area contributed by atoms with Gasteiger partial charge in [-0.2, -0.15) is 0 Å². The van der Waals surface area contributed by atoms with Crippen molar-refractivity contribution in [2.75, 3.05) is 11.9 Å². The molecule has 1 unspecified atom stereocenters. The van der Waals surface area contributed by atoms with Gasteiger partial charge in [0.2, 0.25) is 0 Å². The molecule has 1 fully saturated rings. The molecule has 68 valence electrons. The summed E-state index contributed by atoms with van der Waals surface area (Å²) < 4.78 is 36.3. The standard InChI is InChI=1S/C3H8NPS.ClHO4/c1-2-5-4-6-3-1;2-1(3,4)5/h4-5H,1-3H2;(H,2,3,4,5). The maximum Gasteiger partial charge on any atom is 0.0977 e. The van der Waals surface area contributed by atoms with Crippen LogP contribution in [0.3, 0.4) is 0 Å². The van der Waals surface area contributed by atoms with Crippen LogP contribution in [-0.4, -0.2) is 11.9 Å². The summed E-state index contributed by atoms with van der Waals surface area (Å²) in [7, 11) is -3.80. The average Bonchev–Trinajstić information content (AvgIpc) is 1.88. The first-order valence-corrected chi connectivity index (χ1v) is 6.35. The van der Waals surface area contributed by atoms with Gasteiger partial charge in [-0.05, 0) is 6.42 Å². The van der Waals surface area contributed by atoms with E-state index in [1.165, 1.54) is 18.3 Å². The highest BCUT2D eigenvalue weighted by Crippen LogP contribution is 2.08. The molecule has 8 heteroatoms. The van der Waals surface area contributed by atoms with Crippen molar-refractivity contribution in [1.82, 2.24) is 0 Å². The van der Waals surface area contributed by atoms with Gasteiger partial charge in [0.15, 0.2) is 0 Å². The largest absolute Gasteiger partial charge is 0.273 e. The Morgan fingerprint density at radius 3 is 1.91 bits per heavy atom. The smallest absolute Gasteiger partial charge is 0.0977 e. The van der Waals surface area contributed by atoms with Gasteiger partial charge in [0.25, 0.3) is 0 Å². The molecule has 2 N–H and O–H groups in total. The molecule has 0 saturated carbocycles. The van der Waals surface area contributed by atoms with E-state index in [1.807, 2.05) is 11.9 Å². The molecule has 11 heavy (non-hydrogen) atoms. The molecule has 1 rings (SSSR count). The fourth-order valence-corrected chi connectivity index (χ4v) is 2.80. The lowest BCUT2D eigenvalue weighted by Gasteiger charge is -2.17. The quantitative estimate of drug-likeness (QED) is 0.327. The second-order valence-electron chi connectivity index (χ2n) is 1.67. The molecule has 0 bridgehead atoms. The average molecular weight is 222 g/mol. The monoisotopic (exact) mass is 221 g/mol. The third-order valence-corrected chi connectivity index (χ3v) is 3.25. The summed E-state index contributed by atoms with van der Waals surface area (Å²) in [6, 6.07) is 0. The van der Waals surface area contributed by atoms with Crippen LogP contribution in [-0.2, 0) is 0 Å². The third kappa shape index (κ3) is 18.1. The minimum Gasteiger partial charge on any atom is -0.273 e. The van der Waals surface area contributed by atoms with E-state index in [0.717, 1.165) is 8.73 Å². The number of nitrogens with two attached hydrogens (primary N) is 1. The summed E-state index contributed by atoms with van der Waals surface area (Å²) in [5.41, 5.74) is 0. The van der Waals surface area contributed by atoms with E-state index in [2.05, 4.69) is 4.49 Å². The molecule has 0 aliphatic carbocycles. The lowest BCUT2D eigenvalue weighted by molar-refractivity contribution is -2.00. The Bertz CT molecular complexity index is 80.3. The Labute approximate surface area is 72.9 Å². The van der Waals surface area contributed by atoms with Gasteiger partial charge in [-0.15, -0.1) is 10.2 Å². The topological polar surface area (TPSA) is 109 Å². The minimum atomic E-state index is -4.94. The van der Waals surface area contributed by atoms with Gasteiger partial charge < -0.3 is 0 Å². The van der Waals surface area contributed by atoms with Crippen LogP contribution in [0.25, 0.3) is 0 Å². The Morgan fingerprint density at radius 2 is 1.82 bits per heavy atom. The zero-order chi connectivity index (χ0) is 8.74. The van der Waals surface area contributed by atoms with Crippen molar-refractivity contribution in [3.05, 3.63) is 0 Å². The molecule has 1 saturated heterocycles. The van der Waals surface area contributed by atoms with Crippen LogP contribution < -0.4 is 23.1 Å². The molecular weight excluding hydrogens is 213 g/mol. The summed E-state index contributed by atoms with van der Waals surface area (Å²) in [5, 5.41) is 0. The SMILES string of the molecule is C1CP[NH2+]SC1.[O-][Cl+3]([O-])([O-])[O-]. The number of rotatable bonds is 0. The van der Waals surface area contributed by atoms with Gasteiger partial charge in [0, 0.05) is 11.9 Å². The van der Waals surface area contributed by atoms with Gasteiger partial charge in [-0.1, -0.05) is 0 Å². The molecule has 1 heterocycles. The van der Waals surface area contributed by atoms with E-state index in [1.54, 1.807) is 0 Å². The maximum atomic E-state index is 8.49. The highest BCUT2D eigenvalue weighted by molar-refractivity contribution is 7.94. The molecular formula is C3H9ClNO4PS. The van der Waals surface area contributed by atoms with Crippen LogP contribution in [0.2, 0.25) is 0 Å². The molecule has 5 nitrogen and oxygen atoms in total. The van der Waals surface area contributed by atoms with Gasteiger partial charge >= 0.3 is 0 Å². The third-order valence-electron chi connectivity index (χ3n) is 0.750. The van der Waals surface area contributed by atoms with Crippen LogP contribution in [0.4, 0.5) is 0 Å². The van der Waals surface area contributed by atoms with Gasteiger partial charge in [0.1, 0.15) is 0 Å². The molecule has 1 aliphatic rings. The summed E-state index contributed by atoms with van der Waals surface area (Å²) in [6.45, 7) is 0. The van der Waals surface area contributed by atoms with Crippen molar-refractivity contribution in [2.24, 2.45) is 0 Å². The second kappa shape index (κ2) is 6.39. The summed E-state index contributed by atoms with van der Waals surface area (Å²) in [4.78, 5) is 0. The molecule has 0 spiro atoms. The number of hydrogen-bond donors (Lipinski definition) is 1. The Kier molecular flexibility index (Phi) is 6.90. The van der Waals surface area contributed by atoms with Crippen LogP contribution in [0.15, 0.2) is 0 Å². The van der Waals surface area contributed by atoms with E-state index in [9.17, 15) is 0 Å². The Balaban J connectivity index is 0.000000187. The lowest BCUT2D eigenvalue weighted by Crippen LogP contribution is -2.68. The number of hydrogen-bond acceptors (Lipinski definition) is 5. The van der Waals surface area contributed by atoms with E-state index >= 15 is 0 Å². The first-order valence-electron chi connectivity index (χ1n) is 2.78. The predicted octanol–water partition coefficient (Wildman–Crippen LogP) is -4.56. The normalized spacial score (nSPS) is 20.7. The summed E-state index contributed by atoms with van der Waals surface area (Å²) in [6.07, 6.45) is 2.90. The fraction of sp³-hybridized carbons (Fsp3) is 1.00. The molecule has 0 radical (unpaired) electrons. The van der Waals surface area contributed by atoms with Crippen LogP contribution in [0.5, 0.6) is 0 Å². The zero-order valence-corrected chi connectivity index (χ0v) is 8.19. The van der Waals surface area contributed by atoms with Crippen molar-refractivity contribution in [3.8, 4) is 0 Å². The Hall–Kier alpha value is 0.870. The van der Waals surface area contributed by atoms with Crippen molar-refractivity contribution < 1.29 is 33.4 Å². The summed E-state index contributed by atoms with van der Waals surface area (Å²) >= 11 is 1.98. The van der Waals surface area contributed by atoms with E-state index in [-0.39, 0.29) is 0 Å². The van der Waals surface area contributed by atoms with E-state index in [4.69, 9.17) is 18.6 Å². The molecule has 1 aliphatic heterocycles. The number of quaternary nitrogens is 1. The van der Waals surface area contributed by atoms with E-state index in [0.29, 0.717) is 0 Å². The van der Waals surface area contributed by atoms with E-state index < -0.39 is 10.2 Å². The lowest BCUT2D eigenvalue weighted by atomic mass is 10.6. The van der Waals surface area contributed by atoms with Gasteiger partial charge in [0.05, 0.1) is 20.7 Å². The van der Waals surface area contributed by atoms with Crippen molar-refractivity contribution in [3.63, 3.8) is 0 Å². The van der Waals surface area contributed by atoms with Gasteiger partial charge in [-0.25, -0.2) is 18.6 Å². The first kappa shape index (κ1) is 11.9. The highest BCUT2D eigenvalue weighted by Gasteiger charge is 2.00. The van der Waals surface area contributed by atoms with Crippen molar-refractivity contribution >= 4 is 20.7 Å². The highest BCUT2D eigenvalue weighted by atomic mass is 35.7. The fourth-order valence-electron chi connectivity index (χ4n) is 0.434. The zero-order valence-electron chi connectivity index (χ0n) is 5.62. The molecule has 0 aromatic carbocycles. The first-order chi connectivity index (χ1) is 5.00. The number of halogens is 1. The molecule has 0 aromatic rings. The Morgan fingerprint density at radius 1 is 1.27 bits per heavy atom. The van der Waals surface area contributed by atoms with Crippen LogP contribution >= 0.6 is 20.7 Å². The van der Waals surface area contributed by atoms with Crippen LogP contribution in [0.1, 0.15) is 6.42 Å². The maximum absolute atomic E-state index is 8.49. The summed E-state index contributed by atoms with van der Waals surface area (Å²) in [5.74, 6) is 1.37. The molecule has 0 aromatic heterocycles. The minimum absolute atomic E-state index is 1.14. The van der Waals surface area contributed by atoms with Crippen molar-refractivity contribution in [1.29, 1.82) is 0 Å².